The second-order valence-electron chi connectivity index (χ2n) is 10.1. The molecule has 4 aromatic carbocycles. The van der Waals surface area contributed by atoms with Crippen LogP contribution in [0.15, 0.2) is 140 Å². The smallest absolute Gasteiger partial charge is 0.272 e. The SMILES string of the molecule is CCC(Sc1cccc(NC(=O)/C(=C\c2ccsc2)NC(=O)c2ccccc2)c1)C(=O)N1c2ccccc2Sc2ccccc21. The number of hydrogen-bond acceptors (Lipinski definition) is 6. The highest BCUT2D eigenvalue weighted by molar-refractivity contribution is 8.00. The van der Waals surface area contributed by atoms with Crippen LogP contribution in [0.25, 0.3) is 6.08 Å². The highest BCUT2D eigenvalue weighted by Crippen LogP contribution is 2.48. The van der Waals surface area contributed by atoms with E-state index >= 15 is 0 Å². The maximum atomic E-state index is 14.2. The lowest BCUT2D eigenvalue weighted by molar-refractivity contribution is -0.117. The number of nitrogens with one attached hydrogen (secondary N) is 2. The van der Waals surface area contributed by atoms with Crippen molar-refractivity contribution in [2.75, 3.05) is 10.2 Å². The van der Waals surface area contributed by atoms with Crippen LogP contribution in [0.4, 0.5) is 17.1 Å². The van der Waals surface area contributed by atoms with Crippen molar-refractivity contribution in [3.8, 4) is 0 Å². The van der Waals surface area contributed by atoms with Crippen molar-refractivity contribution < 1.29 is 14.4 Å². The fourth-order valence-electron chi connectivity index (χ4n) is 4.87. The zero-order chi connectivity index (χ0) is 31.2. The summed E-state index contributed by atoms with van der Waals surface area (Å²) in [6.07, 6.45) is 2.27. The Balaban J connectivity index is 1.21. The number of thioether (sulfide) groups is 1. The van der Waals surface area contributed by atoms with Crippen molar-refractivity contribution in [3.05, 3.63) is 137 Å². The summed E-state index contributed by atoms with van der Waals surface area (Å²) in [5.41, 5.74) is 3.71. The fourth-order valence-corrected chi connectivity index (χ4v) is 7.60. The Kier molecular flexibility index (Phi) is 9.49. The largest absolute Gasteiger partial charge is 0.321 e. The lowest BCUT2D eigenvalue weighted by Crippen LogP contribution is -2.35. The molecule has 2 N–H and O–H groups in total. The number of carbonyl (C=O) groups excluding carboxylic acids is 3. The van der Waals surface area contributed by atoms with E-state index in [1.54, 1.807) is 48.2 Å². The van der Waals surface area contributed by atoms with Gasteiger partial charge in [-0.3, -0.25) is 19.3 Å². The van der Waals surface area contributed by atoms with Crippen LogP contribution in [-0.4, -0.2) is 23.0 Å². The number of benzene rings is 4. The van der Waals surface area contributed by atoms with E-state index in [-0.39, 0.29) is 22.8 Å². The van der Waals surface area contributed by atoms with Gasteiger partial charge in [-0.15, -0.1) is 11.8 Å². The zero-order valence-electron chi connectivity index (χ0n) is 24.3. The van der Waals surface area contributed by atoms with E-state index in [0.29, 0.717) is 17.7 Å². The zero-order valence-corrected chi connectivity index (χ0v) is 26.8. The molecule has 1 aromatic heterocycles. The van der Waals surface area contributed by atoms with Crippen LogP contribution in [0.3, 0.4) is 0 Å². The molecule has 0 saturated carbocycles. The Bertz CT molecular complexity index is 1830. The molecular formula is C36H29N3O3S3. The van der Waals surface area contributed by atoms with Gasteiger partial charge in [0.05, 0.1) is 16.6 Å². The molecule has 0 radical (unpaired) electrons. The van der Waals surface area contributed by atoms with Crippen LogP contribution in [0.2, 0.25) is 0 Å². The molecule has 0 fully saturated rings. The third-order valence-electron chi connectivity index (χ3n) is 7.05. The molecule has 224 valence electrons. The van der Waals surface area contributed by atoms with Crippen LogP contribution >= 0.6 is 34.9 Å². The highest BCUT2D eigenvalue weighted by Gasteiger charge is 2.32. The maximum Gasteiger partial charge on any atom is 0.272 e. The van der Waals surface area contributed by atoms with Crippen molar-refractivity contribution in [2.24, 2.45) is 0 Å². The monoisotopic (exact) mass is 647 g/mol. The first kappa shape index (κ1) is 30.5. The van der Waals surface area contributed by atoms with E-state index < -0.39 is 5.91 Å². The number of carbonyl (C=O) groups is 3. The third kappa shape index (κ3) is 7.06. The van der Waals surface area contributed by atoms with Gasteiger partial charge in [-0.05, 0) is 89.5 Å². The summed E-state index contributed by atoms with van der Waals surface area (Å²) in [6.45, 7) is 2.01. The minimum atomic E-state index is -0.449. The van der Waals surface area contributed by atoms with E-state index in [1.807, 2.05) is 101 Å². The Morgan fingerprint density at radius 2 is 1.53 bits per heavy atom. The standard InChI is InChI=1S/C36H29N3O3S3/c1-2-31(36(42)39-29-15-6-8-17-32(29)45-33-18-9-7-16-30(33)39)44-27-14-10-13-26(22-27)37-35(41)28(21-24-19-20-43-23-24)38-34(40)25-11-4-3-5-12-25/h3-23,31H,2H2,1H3,(H,37,41)(H,38,40)/b28-21+. The van der Waals surface area contributed by atoms with Crippen LogP contribution in [-0.2, 0) is 9.59 Å². The first-order valence-corrected chi connectivity index (χ1v) is 17.0. The normalized spacial score (nSPS) is 12.9. The molecule has 9 heteroatoms. The number of anilines is 3. The van der Waals surface area contributed by atoms with E-state index in [2.05, 4.69) is 10.6 Å². The van der Waals surface area contributed by atoms with E-state index in [9.17, 15) is 14.4 Å². The van der Waals surface area contributed by atoms with Gasteiger partial charge in [0.1, 0.15) is 5.70 Å². The molecule has 45 heavy (non-hydrogen) atoms. The molecule has 0 bridgehead atoms. The Labute approximate surface area is 274 Å². The predicted molar refractivity (Wildman–Crippen MR) is 185 cm³/mol. The lowest BCUT2D eigenvalue weighted by Gasteiger charge is -2.33. The van der Waals surface area contributed by atoms with Gasteiger partial charge in [0, 0.05) is 25.9 Å². The first-order chi connectivity index (χ1) is 22.0. The van der Waals surface area contributed by atoms with Crippen molar-refractivity contribution in [2.45, 2.75) is 33.3 Å². The predicted octanol–water partition coefficient (Wildman–Crippen LogP) is 8.86. The van der Waals surface area contributed by atoms with E-state index in [1.165, 1.54) is 23.1 Å². The molecule has 1 aliphatic rings. The number of para-hydroxylation sites is 2. The summed E-state index contributed by atoms with van der Waals surface area (Å²) >= 11 is 4.64. The molecule has 3 amide bonds. The number of amides is 3. The third-order valence-corrected chi connectivity index (χ3v) is 10.2. The highest BCUT2D eigenvalue weighted by atomic mass is 32.2. The summed E-state index contributed by atoms with van der Waals surface area (Å²) in [5, 5.41) is 9.15. The van der Waals surface area contributed by atoms with Gasteiger partial charge < -0.3 is 10.6 Å². The topological polar surface area (TPSA) is 78.5 Å². The number of fused-ring (bicyclic) bond motifs is 2. The van der Waals surface area contributed by atoms with Crippen LogP contribution in [0, 0.1) is 0 Å². The van der Waals surface area contributed by atoms with E-state index in [4.69, 9.17) is 0 Å². The maximum absolute atomic E-state index is 14.2. The van der Waals surface area contributed by atoms with Gasteiger partial charge in [0.25, 0.3) is 11.8 Å². The lowest BCUT2D eigenvalue weighted by atomic mass is 10.2. The summed E-state index contributed by atoms with van der Waals surface area (Å²) in [6, 6.07) is 34.0. The molecule has 1 unspecified atom stereocenters. The molecule has 0 saturated heterocycles. The first-order valence-electron chi connectivity index (χ1n) is 14.4. The minimum absolute atomic E-state index is 0.00162. The second-order valence-corrected chi connectivity index (χ2v) is 13.3. The van der Waals surface area contributed by atoms with Gasteiger partial charge in [-0.2, -0.15) is 11.3 Å². The summed E-state index contributed by atoms with van der Waals surface area (Å²) in [7, 11) is 0. The molecule has 1 aliphatic heterocycles. The summed E-state index contributed by atoms with van der Waals surface area (Å²) < 4.78 is 0. The van der Waals surface area contributed by atoms with Crippen molar-refractivity contribution in [3.63, 3.8) is 0 Å². The van der Waals surface area contributed by atoms with Crippen LogP contribution < -0.4 is 15.5 Å². The fraction of sp³-hybridized carbons (Fsp3) is 0.0833. The second kappa shape index (κ2) is 14.0. The molecule has 6 rings (SSSR count). The molecular weight excluding hydrogens is 619 g/mol. The summed E-state index contributed by atoms with van der Waals surface area (Å²) in [5.74, 6) is -0.823. The van der Waals surface area contributed by atoms with Crippen LogP contribution in [0.1, 0.15) is 29.3 Å². The molecule has 2 heterocycles. The molecule has 6 nitrogen and oxygen atoms in total. The van der Waals surface area contributed by atoms with Gasteiger partial charge in [-0.1, -0.05) is 67.2 Å². The van der Waals surface area contributed by atoms with Gasteiger partial charge in [0.15, 0.2) is 0 Å². The van der Waals surface area contributed by atoms with Gasteiger partial charge >= 0.3 is 0 Å². The van der Waals surface area contributed by atoms with Gasteiger partial charge in [0.2, 0.25) is 5.91 Å². The number of rotatable bonds is 9. The Morgan fingerprint density at radius 1 is 0.844 bits per heavy atom. The Morgan fingerprint density at radius 3 is 2.20 bits per heavy atom. The molecule has 1 atom stereocenters. The number of nitrogens with zero attached hydrogens (tertiary/aromatic N) is 1. The average Bonchev–Trinajstić information content (AvgIpc) is 3.59. The van der Waals surface area contributed by atoms with E-state index in [0.717, 1.165) is 31.6 Å². The number of thiophene rings is 1. The summed E-state index contributed by atoms with van der Waals surface area (Å²) in [4.78, 5) is 45.3. The molecule has 5 aromatic rings. The van der Waals surface area contributed by atoms with Crippen LogP contribution in [0.5, 0.6) is 0 Å². The molecule has 0 aliphatic carbocycles. The quantitative estimate of drug-likeness (QED) is 0.123. The Hall–Kier alpha value is -4.57. The van der Waals surface area contributed by atoms with Crippen molar-refractivity contribution in [1.29, 1.82) is 0 Å². The van der Waals surface area contributed by atoms with Crippen molar-refractivity contribution >= 4 is 75.7 Å². The van der Waals surface area contributed by atoms with Gasteiger partial charge in [-0.25, -0.2) is 0 Å². The number of hydrogen-bond donors (Lipinski definition) is 2. The minimum Gasteiger partial charge on any atom is -0.321 e. The average molecular weight is 648 g/mol. The van der Waals surface area contributed by atoms with Crippen molar-refractivity contribution in [1.82, 2.24) is 5.32 Å². The molecule has 0 spiro atoms.